The lowest BCUT2D eigenvalue weighted by Gasteiger charge is -2.12. The van der Waals surface area contributed by atoms with Crippen molar-refractivity contribution in [1.82, 2.24) is 9.97 Å². The fourth-order valence-electron chi connectivity index (χ4n) is 1.78. The maximum absolute atomic E-state index is 6.03. The zero-order valence-electron chi connectivity index (χ0n) is 12.0. The molecule has 0 aliphatic rings. The quantitative estimate of drug-likeness (QED) is 0.677. The Morgan fingerprint density at radius 3 is 2.48 bits per heavy atom. The van der Waals surface area contributed by atoms with Gasteiger partial charge in [-0.15, -0.1) is 6.58 Å². The Kier molecular flexibility index (Phi) is 4.98. The number of aromatic nitrogens is 2. The molecule has 0 saturated heterocycles. The fraction of sp³-hybridized carbons (Fsp3) is 0.200. The zero-order valence-corrected chi connectivity index (χ0v) is 12.0. The number of hydrogen-bond donors (Lipinski definition) is 3. The molecule has 0 aliphatic heterocycles. The number of anilines is 3. The molecule has 0 aliphatic carbocycles. The number of benzene rings is 1. The van der Waals surface area contributed by atoms with E-state index in [0.717, 1.165) is 11.3 Å². The van der Waals surface area contributed by atoms with E-state index in [4.69, 9.17) is 10.5 Å². The summed E-state index contributed by atoms with van der Waals surface area (Å²) in [4.78, 5) is 8.26. The molecule has 0 spiro atoms. The number of ether oxygens (including phenoxy) is 1. The Morgan fingerprint density at radius 2 is 1.86 bits per heavy atom. The van der Waals surface area contributed by atoms with Crippen LogP contribution in [0.25, 0.3) is 0 Å². The number of methoxy groups -OCH3 is 1. The molecule has 4 N–H and O–H groups in total. The summed E-state index contributed by atoms with van der Waals surface area (Å²) in [5, 5.41) is 6.27. The van der Waals surface area contributed by atoms with E-state index in [1.54, 1.807) is 13.2 Å². The first-order valence-corrected chi connectivity index (χ1v) is 6.56. The number of rotatable bonds is 7. The van der Waals surface area contributed by atoms with Crippen LogP contribution in [0.5, 0.6) is 5.75 Å². The minimum atomic E-state index is 0.493. The van der Waals surface area contributed by atoms with Gasteiger partial charge in [0.25, 0.3) is 0 Å². The SMILES string of the molecule is C=CCNc1ncnc(NCc2ccc(OC)cc2)c1N. The third-order valence-corrected chi connectivity index (χ3v) is 2.92. The van der Waals surface area contributed by atoms with E-state index in [-0.39, 0.29) is 0 Å². The number of nitrogens with one attached hydrogen (secondary N) is 2. The molecular weight excluding hydrogens is 266 g/mol. The van der Waals surface area contributed by atoms with Crippen LogP contribution in [0.2, 0.25) is 0 Å². The predicted octanol–water partition coefficient (Wildman–Crippen LogP) is 2.28. The second kappa shape index (κ2) is 7.14. The maximum atomic E-state index is 6.03. The molecule has 0 saturated carbocycles. The minimum absolute atomic E-state index is 0.493. The van der Waals surface area contributed by atoms with E-state index >= 15 is 0 Å². The van der Waals surface area contributed by atoms with Crippen molar-refractivity contribution in [2.24, 2.45) is 0 Å². The Bertz CT molecular complexity index is 598. The van der Waals surface area contributed by atoms with Crippen molar-refractivity contribution >= 4 is 17.3 Å². The molecule has 6 nitrogen and oxygen atoms in total. The number of hydrogen-bond acceptors (Lipinski definition) is 6. The summed E-state index contributed by atoms with van der Waals surface area (Å²) in [5.41, 5.74) is 7.63. The third kappa shape index (κ3) is 3.85. The molecule has 0 bridgehead atoms. The van der Waals surface area contributed by atoms with E-state index in [0.29, 0.717) is 30.4 Å². The van der Waals surface area contributed by atoms with Crippen LogP contribution < -0.4 is 21.1 Å². The van der Waals surface area contributed by atoms with Gasteiger partial charge >= 0.3 is 0 Å². The van der Waals surface area contributed by atoms with Crippen molar-refractivity contribution in [1.29, 1.82) is 0 Å². The summed E-state index contributed by atoms with van der Waals surface area (Å²) in [6.07, 6.45) is 3.21. The summed E-state index contributed by atoms with van der Waals surface area (Å²) in [7, 11) is 1.65. The van der Waals surface area contributed by atoms with E-state index in [1.165, 1.54) is 6.33 Å². The minimum Gasteiger partial charge on any atom is -0.497 e. The van der Waals surface area contributed by atoms with Crippen LogP contribution in [0.15, 0.2) is 43.2 Å². The molecule has 2 rings (SSSR count). The molecule has 110 valence electrons. The van der Waals surface area contributed by atoms with Gasteiger partial charge in [-0.05, 0) is 17.7 Å². The lowest BCUT2D eigenvalue weighted by atomic mass is 10.2. The normalized spacial score (nSPS) is 9.95. The summed E-state index contributed by atoms with van der Waals surface area (Å²) < 4.78 is 5.13. The number of nitrogens with zero attached hydrogens (tertiary/aromatic N) is 2. The van der Waals surface area contributed by atoms with Gasteiger partial charge in [0.15, 0.2) is 11.6 Å². The monoisotopic (exact) mass is 285 g/mol. The Labute approximate surface area is 124 Å². The highest BCUT2D eigenvalue weighted by molar-refractivity contribution is 5.74. The summed E-state index contributed by atoms with van der Waals surface area (Å²) in [5.74, 6) is 2.03. The Balaban J connectivity index is 2.03. The van der Waals surface area contributed by atoms with Crippen LogP contribution >= 0.6 is 0 Å². The second-order valence-corrected chi connectivity index (χ2v) is 4.36. The van der Waals surface area contributed by atoms with Crippen molar-refractivity contribution in [3.8, 4) is 5.75 Å². The molecular formula is C15H19N5O. The van der Waals surface area contributed by atoms with E-state index < -0.39 is 0 Å². The van der Waals surface area contributed by atoms with Gasteiger partial charge in [0, 0.05) is 13.1 Å². The van der Waals surface area contributed by atoms with Crippen molar-refractivity contribution in [2.75, 3.05) is 30.0 Å². The van der Waals surface area contributed by atoms with Crippen LogP contribution in [0.3, 0.4) is 0 Å². The molecule has 0 atom stereocenters. The largest absolute Gasteiger partial charge is 0.497 e. The standard InChI is InChI=1S/C15H19N5O/c1-3-8-17-14-13(16)15(20-10-19-14)18-9-11-4-6-12(21-2)7-5-11/h3-7,10H,1,8-9,16H2,2H3,(H2,17,18,19,20). The molecule has 6 heteroatoms. The van der Waals surface area contributed by atoms with Gasteiger partial charge in [-0.1, -0.05) is 18.2 Å². The molecule has 2 aromatic rings. The summed E-state index contributed by atoms with van der Waals surface area (Å²) in [6, 6.07) is 7.80. The number of nitrogen functional groups attached to an aromatic ring is 1. The highest BCUT2D eigenvalue weighted by atomic mass is 16.5. The van der Waals surface area contributed by atoms with Gasteiger partial charge in [-0.3, -0.25) is 0 Å². The van der Waals surface area contributed by atoms with Crippen LogP contribution in [0.4, 0.5) is 17.3 Å². The highest BCUT2D eigenvalue weighted by Crippen LogP contribution is 2.23. The second-order valence-electron chi connectivity index (χ2n) is 4.36. The molecule has 0 fully saturated rings. The van der Waals surface area contributed by atoms with E-state index in [9.17, 15) is 0 Å². The average Bonchev–Trinajstić information content (AvgIpc) is 2.53. The first-order valence-electron chi connectivity index (χ1n) is 6.56. The molecule has 1 heterocycles. The zero-order chi connectivity index (χ0) is 15.1. The average molecular weight is 285 g/mol. The third-order valence-electron chi connectivity index (χ3n) is 2.92. The number of nitrogens with two attached hydrogens (primary N) is 1. The lowest BCUT2D eigenvalue weighted by Crippen LogP contribution is -2.09. The van der Waals surface area contributed by atoms with Crippen LogP contribution in [-0.2, 0) is 6.54 Å². The van der Waals surface area contributed by atoms with Crippen molar-refractivity contribution in [3.63, 3.8) is 0 Å². The van der Waals surface area contributed by atoms with Gasteiger partial charge < -0.3 is 21.1 Å². The summed E-state index contributed by atoms with van der Waals surface area (Å²) in [6.45, 7) is 4.86. The van der Waals surface area contributed by atoms with Gasteiger partial charge in [0.2, 0.25) is 0 Å². The molecule has 0 radical (unpaired) electrons. The smallest absolute Gasteiger partial charge is 0.155 e. The van der Waals surface area contributed by atoms with Gasteiger partial charge in [-0.25, -0.2) is 9.97 Å². The van der Waals surface area contributed by atoms with Crippen LogP contribution in [0, 0.1) is 0 Å². The predicted molar refractivity (Wildman–Crippen MR) is 85.5 cm³/mol. The first kappa shape index (κ1) is 14.6. The lowest BCUT2D eigenvalue weighted by molar-refractivity contribution is 0.414. The van der Waals surface area contributed by atoms with E-state index in [1.807, 2.05) is 24.3 Å². The van der Waals surface area contributed by atoms with Gasteiger partial charge in [0.05, 0.1) is 7.11 Å². The van der Waals surface area contributed by atoms with Crippen LogP contribution in [-0.4, -0.2) is 23.6 Å². The van der Waals surface area contributed by atoms with Gasteiger partial charge in [0.1, 0.15) is 17.8 Å². The first-order chi connectivity index (χ1) is 10.2. The highest BCUT2D eigenvalue weighted by Gasteiger charge is 2.06. The molecule has 1 aromatic carbocycles. The van der Waals surface area contributed by atoms with Crippen molar-refractivity contribution < 1.29 is 4.74 Å². The maximum Gasteiger partial charge on any atom is 0.155 e. The van der Waals surface area contributed by atoms with Crippen LogP contribution in [0.1, 0.15) is 5.56 Å². The van der Waals surface area contributed by atoms with Crippen molar-refractivity contribution in [2.45, 2.75) is 6.54 Å². The van der Waals surface area contributed by atoms with Crippen molar-refractivity contribution in [3.05, 3.63) is 48.8 Å². The summed E-state index contributed by atoms with van der Waals surface area (Å²) >= 11 is 0. The van der Waals surface area contributed by atoms with Gasteiger partial charge in [-0.2, -0.15) is 0 Å². The topological polar surface area (TPSA) is 85.1 Å². The molecule has 0 amide bonds. The molecule has 1 aromatic heterocycles. The Hall–Kier alpha value is -2.76. The molecule has 21 heavy (non-hydrogen) atoms. The van der Waals surface area contributed by atoms with E-state index in [2.05, 4.69) is 27.2 Å². The fourth-order valence-corrected chi connectivity index (χ4v) is 1.78. The molecule has 0 unspecified atom stereocenters. The Morgan fingerprint density at radius 1 is 1.19 bits per heavy atom.